The lowest BCUT2D eigenvalue weighted by Crippen LogP contribution is -2.33. The second kappa shape index (κ2) is 4.71. The molecule has 2 N–H and O–H groups in total. The van der Waals surface area contributed by atoms with E-state index in [-0.39, 0.29) is 5.41 Å². The van der Waals surface area contributed by atoms with E-state index in [0.717, 1.165) is 18.4 Å². The van der Waals surface area contributed by atoms with E-state index in [2.05, 4.69) is 13.8 Å². The fourth-order valence-corrected chi connectivity index (χ4v) is 2.42. The molecule has 1 aliphatic rings. The molecule has 2 rings (SSSR count). The van der Waals surface area contributed by atoms with Crippen molar-refractivity contribution >= 4 is 5.57 Å². The van der Waals surface area contributed by atoms with Crippen molar-refractivity contribution < 1.29 is 10.2 Å². The van der Waals surface area contributed by atoms with Crippen LogP contribution in [0.2, 0.25) is 0 Å². The number of benzene rings is 1. The largest absolute Gasteiger partial charge is 0.359 e. The summed E-state index contributed by atoms with van der Waals surface area (Å²) < 4.78 is 0. The molecule has 0 bridgehead atoms. The molecule has 0 amide bonds. The Bertz CT molecular complexity index is 465. The summed E-state index contributed by atoms with van der Waals surface area (Å²) >= 11 is 0. The van der Waals surface area contributed by atoms with Crippen LogP contribution in [0.4, 0.5) is 0 Å². The molecule has 0 aromatic heterocycles. The third kappa shape index (κ3) is 2.26. The van der Waals surface area contributed by atoms with E-state index in [9.17, 15) is 10.2 Å². The fourth-order valence-electron chi connectivity index (χ4n) is 2.42. The molecule has 0 fully saturated rings. The van der Waals surface area contributed by atoms with Crippen molar-refractivity contribution in [2.24, 2.45) is 5.41 Å². The van der Waals surface area contributed by atoms with Crippen LogP contribution in [0.5, 0.6) is 0 Å². The number of allylic oxidation sites excluding steroid dienone is 2. The van der Waals surface area contributed by atoms with Crippen molar-refractivity contribution in [1.82, 2.24) is 0 Å². The van der Waals surface area contributed by atoms with Gasteiger partial charge in [-0.1, -0.05) is 56.3 Å². The minimum atomic E-state index is -1.87. The van der Waals surface area contributed by atoms with Crippen LogP contribution in [-0.2, 0) is 0 Å². The van der Waals surface area contributed by atoms with Crippen molar-refractivity contribution in [3.8, 4) is 0 Å². The molecular formula is C16H20O2. The molecule has 0 aliphatic heterocycles. The zero-order valence-corrected chi connectivity index (χ0v) is 10.9. The normalized spacial score (nSPS) is 20.6. The third-order valence-electron chi connectivity index (χ3n) is 3.88. The molecule has 0 atom stereocenters. The van der Waals surface area contributed by atoms with Gasteiger partial charge in [-0.15, -0.1) is 0 Å². The minimum absolute atomic E-state index is 0.0693. The molecule has 0 spiro atoms. The Morgan fingerprint density at radius 3 is 2.11 bits per heavy atom. The number of aliphatic hydroxyl groups is 2. The Kier molecular flexibility index (Phi) is 3.42. The molecule has 0 unspecified atom stereocenters. The second-order valence-electron chi connectivity index (χ2n) is 4.92. The minimum Gasteiger partial charge on any atom is -0.359 e. The van der Waals surface area contributed by atoms with Gasteiger partial charge < -0.3 is 10.2 Å². The summed E-state index contributed by atoms with van der Waals surface area (Å²) in [7, 11) is 0. The Morgan fingerprint density at radius 2 is 1.56 bits per heavy atom. The molecule has 0 heterocycles. The summed E-state index contributed by atoms with van der Waals surface area (Å²) in [6.07, 6.45) is 7.32. The van der Waals surface area contributed by atoms with Gasteiger partial charge in [-0.05, 0) is 24.5 Å². The van der Waals surface area contributed by atoms with E-state index in [1.807, 2.05) is 42.5 Å². The first kappa shape index (κ1) is 13.1. The quantitative estimate of drug-likeness (QED) is 0.633. The molecule has 18 heavy (non-hydrogen) atoms. The summed E-state index contributed by atoms with van der Waals surface area (Å²) in [5, 5.41) is 20.2. The van der Waals surface area contributed by atoms with Crippen LogP contribution in [0.1, 0.15) is 32.3 Å². The third-order valence-corrected chi connectivity index (χ3v) is 3.88. The number of hydrogen-bond donors (Lipinski definition) is 2. The lowest BCUT2D eigenvalue weighted by Gasteiger charge is -2.34. The highest BCUT2D eigenvalue weighted by molar-refractivity contribution is 5.74. The molecule has 2 heteroatoms. The fraction of sp³-hybridized carbons (Fsp3) is 0.375. The van der Waals surface area contributed by atoms with Crippen LogP contribution in [0.3, 0.4) is 0 Å². The lowest BCUT2D eigenvalue weighted by molar-refractivity contribution is -0.0670. The van der Waals surface area contributed by atoms with Crippen molar-refractivity contribution in [1.29, 1.82) is 0 Å². The van der Waals surface area contributed by atoms with Crippen LogP contribution in [0.15, 0.2) is 48.6 Å². The average Bonchev–Trinajstić information content (AvgIpc) is 2.40. The first-order valence-corrected chi connectivity index (χ1v) is 6.47. The van der Waals surface area contributed by atoms with Gasteiger partial charge in [0.15, 0.2) is 0 Å². The summed E-state index contributed by atoms with van der Waals surface area (Å²) in [5.74, 6) is -1.87. The highest BCUT2D eigenvalue weighted by Gasteiger charge is 2.35. The van der Waals surface area contributed by atoms with Gasteiger partial charge in [0.25, 0.3) is 0 Å². The molecule has 0 saturated carbocycles. The number of rotatable bonds is 3. The molecule has 0 radical (unpaired) electrons. The van der Waals surface area contributed by atoms with Crippen LogP contribution in [-0.4, -0.2) is 16.0 Å². The maximum absolute atomic E-state index is 10.1. The monoisotopic (exact) mass is 244 g/mol. The van der Waals surface area contributed by atoms with E-state index in [1.54, 1.807) is 0 Å². The SMILES string of the molecule is CCC1(CC)C=CC(O)(O)C(c2ccccc2)=C1. The van der Waals surface area contributed by atoms with E-state index in [0.29, 0.717) is 5.57 Å². The first-order chi connectivity index (χ1) is 8.53. The van der Waals surface area contributed by atoms with E-state index in [4.69, 9.17) is 0 Å². The summed E-state index contributed by atoms with van der Waals surface area (Å²) in [6.45, 7) is 4.24. The van der Waals surface area contributed by atoms with Crippen molar-refractivity contribution in [2.45, 2.75) is 32.5 Å². The highest BCUT2D eigenvalue weighted by atomic mass is 16.5. The van der Waals surface area contributed by atoms with Crippen molar-refractivity contribution in [3.05, 3.63) is 54.1 Å². The van der Waals surface area contributed by atoms with E-state index in [1.165, 1.54) is 6.08 Å². The molecule has 1 aliphatic carbocycles. The molecule has 0 saturated heterocycles. The summed E-state index contributed by atoms with van der Waals surface area (Å²) in [5.41, 5.74) is 1.37. The van der Waals surface area contributed by atoms with Gasteiger partial charge in [0, 0.05) is 11.0 Å². The lowest BCUT2D eigenvalue weighted by atomic mass is 9.74. The highest BCUT2D eigenvalue weighted by Crippen LogP contribution is 2.41. The zero-order chi connectivity index (χ0) is 13.2. The average molecular weight is 244 g/mol. The molecule has 96 valence electrons. The Hall–Kier alpha value is -1.38. The molecule has 1 aromatic rings. The zero-order valence-electron chi connectivity index (χ0n) is 10.9. The van der Waals surface area contributed by atoms with Crippen LogP contribution in [0, 0.1) is 5.41 Å². The summed E-state index contributed by atoms with van der Waals surface area (Å²) in [6, 6.07) is 9.55. The first-order valence-electron chi connectivity index (χ1n) is 6.47. The maximum Gasteiger partial charge on any atom is 0.210 e. The van der Waals surface area contributed by atoms with Gasteiger partial charge in [0.2, 0.25) is 5.79 Å². The van der Waals surface area contributed by atoms with Gasteiger partial charge in [0.1, 0.15) is 0 Å². The molecular weight excluding hydrogens is 224 g/mol. The Morgan fingerprint density at radius 1 is 0.944 bits per heavy atom. The van der Waals surface area contributed by atoms with E-state index < -0.39 is 5.79 Å². The standard InChI is InChI=1S/C16H20O2/c1-3-15(4-2)10-11-16(17,18)14(12-15)13-8-6-5-7-9-13/h5-12,17-18H,3-4H2,1-2H3. The van der Waals surface area contributed by atoms with Gasteiger partial charge in [-0.25, -0.2) is 0 Å². The van der Waals surface area contributed by atoms with Crippen LogP contribution < -0.4 is 0 Å². The van der Waals surface area contributed by atoms with Crippen LogP contribution >= 0.6 is 0 Å². The van der Waals surface area contributed by atoms with Gasteiger partial charge in [-0.3, -0.25) is 0 Å². The number of hydrogen-bond acceptors (Lipinski definition) is 2. The predicted molar refractivity (Wildman–Crippen MR) is 73.7 cm³/mol. The van der Waals surface area contributed by atoms with Gasteiger partial charge in [-0.2, -0.15) is 0 Å². The topological polar surface area (TPSA) is 40.5 Å². The van der Waals surface area contributed by atoms with Gasteiger partial charge in [0.05, 0.1) is 0 Å². The smallest absolute Gasteiger partial charge is 0.210 e. The van der Waals surface area contributed by atoms with E-state index >= 15 is 0 Å². The second-order valence-corrected chi connectivity index (χ2v) is 4.92. The molecule has 2 nitrogen and oxygen atoms in total. The Labute approximate surface area is 108 Å². The van der Waals surface area contributed by atoms with Crippen molar-refractivity contribution in [2.75, 3.05) is 0 Å². The molecule has 1 aromatic carbocycles. The Balaban J connectivity index is 2.51. The maximum atomic E-state index is 10.1. The van der Waals surface area contributed by atoms with Crippen molar-refractivity contribution in [3.63, 3.8) is 0 Å². The van der Waals surface area contributed by atoms with Crippen LogP contribution in [0.25, 0.3) is 5.57 Å². The summed E-state index contributed by atoms with van der Waals surface area (Å²) in [4.78, 5) is 0. The van der Waals surface area contributed by atoms with Gasteiger partial charge >= 0.3 is 0 Å². The predicted octanol–water partition coefficient (Wildman–Crippen LogP) is 3.13.